The highest BCUT2D eigenvalue weighted by Crippen LogP contribution is 2.29. The second-order valence-corrected chi connectivity index (χ2v) is 6.94. The molecule has 0 aromatic heterocycles. The van der Waals surface area contributed by atoms with Crippen molar-refractivity contribution in [2.45, 2.75) is 43.9 Å². The molecule has 5 heteroatoms. The van der Waals surface area contributed by atoms with Gasteiger partial charge in [0.05, 0.1) is 12.7 Å². The first-order valence-electron chi connectivity index (χ1n) is 6.27. The maximum absolute atomic E-state index is 9.42. The smallest absolute Gasteiger partial charge is 0.0864 e. The fourth-order valence-corrected chi connectivity index (χ4v) is 2.74. The number of rotatable bonds is 6. The zero-order valence-corrected chi connectivity index (χ0v) is 13.2. The molecular weight excluding hydrogens is 282 g/mol. The summed E-state index contributed by atoms with van der Waals surface area (Å²) >= 11 is 7.75. The molecule has 1 unspecified atom stereocenters. The molecule has 0 bridgehead atoms. The number of benzene rings is 1. The molecule has 0 aliphatic rings. The minimum absolute atomic E-state index is 0.0196. The van der Waals surface area contributed by atoms with E-state index in [0.717, 1.165) is 15.5 Å². The maximum atomic E-state index is 9.42. The standard InChI is InChI=1S/C14H22ClNO2S/c1-14(2,3)16-7-11-12(15)5-4-6-13(11)19-9-10(18)8-17/h4-6,10,16-18H,7-9H2,1-3H3. The topological polar surface area (TPSA) is 52.5 Å². The van der Waals surface area contributed by atoms with Crippen LogP contribution >= 0.6 is 23.4 Å². The van der Waals surface area contributed by atoms with Crippen LogP contribution in [-0.4, -0.2) is 34.2 Å². The van der Waals surface area contributed by atoms with Crippen LogP contribution in [0.2, 0.25) is 5.02 Å². The van der Waals surface area contributed by atoms with Gasteiger partial charge < -0.3 is 15.5 Å². The second kappa shape index (κ2) is 7.50. The summed E-state index contributed by atoms with van der Waals surface area (Å²) in [7, 11) is 0. The lowest BCUT2D eigenvalue weighted by atomic mass is 10.1. The summed E-state index contributed by atoms with van der Waals surface area (Å²) in [5, 5.41) is 22.4. The van der Waals surface area contributed by atoms with E-state index in [9.17, 15) is 5.11 Å². The average Bonchev–Trinajstić information content (AvgIpc) is 2.33. The number of halogens is 1. The Hall–Kier alpha value is -0.260. The van der Waals surface area contributed by atoms with E-state index in [1.54, 1.807) is 0 Å². The highest BCUT2D eigenvalue weighted by Gasteiger charge is 2.14. The third kappa shape index (κ3) is 6.15. The molecule has 108 valence electrons. The van der Waals surface area contributed by atoms with E-state index >= 15 is 0 Å². The van der Waals surface area contributed by atoms with E-state index < -0.39 is 6.10 Å². The Bertz CT molecular complexity index is 407. The number of thioether (sulfide) groups is 1. The Balaban J connectivity index is 2.77. The van der Waals surface area contributed by atoms with Crippen molar-refractivity contribution in [1.82, 2.24) is 5.32 Å². The number of nitrogens with one attached hydrogen (secondary N) is 1. The van der Waals surface area contributed by atoms with Gasteiger partial charge in [-0.3, -0.25) is 0 Å². The van der Waals surface area contributed by atoms with Gasteiger partial charge in [-0.2, -0.15) is 0 Å². The summed E-state index contributed by atoms with van der Waals surface area (Å²) in [5.74, 6) is 0.458. The molecule has 0 saturated heterocycles. The zero-order valence-electron chi connectivity index (χ0n) is 11.6. The van der Waals surface area contributed by atoms with Gasteiger partial charge in [0, 0.05) is 27.8 Å². The third-order valence-electron chi connectivity index (χ3n) is 2.51. The minimum atomic E-state index is -0.701. The largest absolute Gasteiger partial charge is 0.394 e. The molecule has 1 aromatic carbocycles. The van der Waals surface area contributed by atoms with Crippen molar-refractivity contribution in [3.05, 3.63) is 28.8 Å². The van der Waals surface area contributed by atoms with E-state index in [2.05, 4.69) is 26.1 Å². The van der Waals surface area contributed by atoms with Crippen LogP contribution in [0.1, 0.15) is 26.3 Å². The van der Waals surface area contributed by atoms with Crippen LogP contribution in [0.3, 0.4) is 0 Å². The molecule has 19 heavy (non-hydrogen) atoms. The predicted molar refractivity (Wildman–Crippen MR) is 81.9 cm³/mol. The Kier molecular flexibility index (Phi) is 6.63. The van der Waals surface area contributed by atoms with Gasteiger partial charge in [-0.25, -0.2) is 0 Å². The van der Waals surface area contributed by atoms with Crippen molar-refractivity contribution in [3.63, 3.8) is 0 Å². The van der Waals surface area contributed by atoms with E-state index in [4.69, 9.17) is 16.7 Å². The lowest BCUT2D eigenvalue weighted by molar-refractivity contribution is 0.113. The van der Waals surface area contributed by atoms with Gasteiger partial charge in [0.2, 0.25) is 0 Å². The highest BCUT2D eigenvalue weighted by molar-refractivity contribution is 7.99. The molecule has 0 saturated carbocycles. The Morgan fingerprint density at radius 1 is 1.37 bits per heavy atom. The van der Waals surface area contributed by atoms with Crippen molar-refractivity contribution in [1.29, 1.82) is 0 Å². The van der Waals surface area contributed by atoms with Gasteiger partial charge >= 0.3 is 0 Å². The minimum Gasteiger partial charge on any atom is -0.394 e. The van der Waals surface area contributed by atoms with Crippen LogP contribution in [0.5, 0.6) is 0 Å². The Morgan fingerprint density at radius 2 is 2.05 bits per heavy atom. The zero-order chi connectivity index (χ0) is 14.5. The highest BCUT2D eigenvalue weighted by atomic mass is 35.5. The first-order valence-corrected chi connectivity index (χ1v) is 7.64. The molecule has 1 atom stereocenters. The van der Waals surface area contributed by atoms with Crippen molar-refractivity contribution in [3.8, 4) is 0 Å². The van der Waals surface area contributed by atoms with E-state index in [-0.39, 0.29) is 12.1 Å². The summed E-state index contributed by atoms with van der Waals surface area (Å²) in [6, 6.07) is 5.75. The van der Waals surface area contributed by atoms with E-state index in [0.29, 0.717) is 12.3 Å². The number of aliphatic hydroxyl groups is 2. The molecule has 0 radical (unpaired) electrons. The lowest BCUT2D eigenvalue weighted by Gasteiger charge is -2.22. The van der Waals surface area contributed by atoms with Gasteiger partial charge in [0.1, 0.15) is 0 Å². The summed E-state index contributed by atoms with van der Waals surface area (Å²) < 4.78 is 0. The molecule has 0 aliphatic heterocycles. The number of hydrogen-bond donors (Lipinski definition) is 3. The number of aliphatic hydroxyl groups excluding tert-OH is 2. The summed E-state index contributed by atoms with van der Waals surface area (Å²) in [6.07, 6.45) is -0.701. The van der Waals surface area contributed by atoms with E-state index in [1.807, 2.05) is 18.2 Å². The van der Waals surface area contributed by atoms with Crippen molar-refractivity contribution in [2.24, 2.45) is 0 Å². The summed E-state index contributed by atoms with van der Waals surface area (Å²) in [5.41, 5.74) is 1.06. The molecule has 0 aliphatic carbocycles. The quantitative estimate of drug-likeness (QED) is 0.707. The molecule has 0 amide bonds. The van der Waals surface area contributed by atoms with Crippen LogP contribution in [0, 0.1) is 0 Å². The van der Waals surface area contributed by atoms with Crippen LogP contribution < -0.4 is 5.32 Å². The van der Waals surface area contributed by atoms with E-state index in [1.165, 1.54) is 11.8 Å². The fourth-order valence-electron chi connectivity index (χ4n) is 1.44. The monoisotopic (exact) mass is 303 g/mol. The first kappa shape index (κ1) is 16.8. The third-order valence-corrected chi connectivity index (χ3v) is 4.11. The number of hydrogen-bond acceptors (Lipinski definition) is 4. The Morgan fingerprint density at radius 3 is 2.63 bits per heavy atom. The molecular formula is C14H22ClNO2S. The molecule has 1 rings (SSSR count). The fraction of sp³-hybridized carbons (Fsp3) is 0.571. The maximum Gasteiger partial charge on any atom is 0.0864 e. The van der Waals surface area contributed by atoms with Crippen LogP contribution in [0.4, 0.5) is 0 Å². The first-order chi connectivity index (χ1) is 8.83. The van der Waals surface area contributed by atoms with Gasteiger partial charge in [0.15, 0.2) is 0 Å². The molecule has 0 heterocycles. The second-order valence-electron chi connectivity index (χ2n) is 5.47. The molecule has 3 nitrogen and oxygen atoms in total. The SMILES string of the molecule is CC(C)(C)NCc1c(Cl)cccc1SCC(O)CO. The van der Waals surface area contributed by atoms with Crippen LogP contribution in [0.25, 0.3) is 0 Å². The summed E-state index contributed by atoms with van der Waals surface area (Å²) in [6.45, 7) is 6.77. The summed E-state index contributed by atoms with van der Waals surface area (Å²) in [4.78, 5) is 1.04. The Labute approximate surface area is 124 Å². The van der Waals surface area contributed by atoms with Crippen molar-refractivity contribution >= 4 is 23.4 Å². The van der Waals surface area contributed by atoms with Gasteiger partial charge in [-0.1, -0.05) is 17.7 Å². The van der Waals surface area contributed by atoms with Crippen LogP contribution in [-0.2, 0) is 6.54 Å². The van der Waals surface area contributed by atoms with Crippen molar-refractivity contribution in [2.75, 3.05) is 12.4 Å². The van der Waals surface area contributed by atoms with Gasteiger partial charge in [-0.05, 0) is 38.5 Å². The molecule has 0 spiro atoms. The molecule has 3 N–H and O–H groups in total. The van der Waals surface area contributed by atoms with Crippen LogP contribution in [0.15, 0.2) is 23.1 Å². The van der Waals surface area contributed by atoms with Gasteiger partial charge in [0.25, 0.3) is 0 Å². The average molecular weight is 304 g/mol. The predicted octanol–water partition coefficient (Wildman–Crippen LogP) is 2.67. The van der Waals surface area contributed by atoms with Gasteiger partial charge in [-0.15, -0.1) is 11.8 Å². The molecule has 1 aromatic rings. The normalized spacial score (nSPS) is 13.6. The van der Waals surface area contributed by atoms with Crippen molar-refractivity contribution < 1.29 is 10.2 Å². The lowest BCUT2D eigenvalue weighted by Crippen LogP contribution is -2.35. The molecule has 0 fully saturated rings.